The average Bonchev–Trinajstić information content (AvgIpc) is 2.40. The number of aliphatic carboxylic acids is 1. The molecule has 1 aromatic rings. The lowest BCUT2D eigenvalue weighted by Crippen LogP contribution is -2.14. The summed E-state index contributed by atoms with van der Waals surface area (Å²) in [5, 5.41) is 8.71. The van der Waals surface area contributed by atoms with E-state index in [1.54, 1.807) is 12.1 Å². The largest absolute Gasteiger partial charge is 0.481 e. The molecule has 0 amide bonds. The lowest BCUT2D eigenvalue weighted by molar-refractivity contribution is -0.137. The highest BCUT2D eigenvalue weighted by molar-refractivity contribution is 7.85. The molecule has 0 saturated heterocycles. The molecule has 2 atom stereocenters. The molecule has 0 radical (unpaired) electrons. The molecule has 0 saturated carbocycles. The second kappa shape index (κ2) is 6.15. The van der Waals surface area contributed by atoms with Gasteiger partial charge in [-0.3, -0.25) is 9.35 Å². The van der Waals surface area contributed by atoms with Crippen LogP contribution >= 0.6 is 0 Å². The van der Waals surface area contributed by atoms with Gasteiger partial charge < -0.3 is 5.11 Å². The Morgan fingerprint density at radius 1 is 1.29 bits per heavy atom. The van der Waals surface area contributed by atoms with E-state index >= 15 is 0 Å². The Bertz CT molecular complexity index is 635. The van der Waals surface area contributed by atoms with E-state index in [0.29, 0.717) is 6.42 Å². The lowest BCUT2D eigenvalue weighted by Gasteiger charge is -2.30. The van der Waals surface area contributed by atoms with E-state index < -0.39 is 16.1 Å². The Morgan fingerprint density at radius 3 is 2.62 bits per heavy atom. The molecular formula is C15H20O5S. The zero-order valence-electron chi connectivity index (χ0n) is 11.9. The number of carboxylic acids is 1. The quantitative estimate of drug-likeness (QED) is 0.815. The van der Waals surface area contributed by atoms with Crippen molar-refractivity contribution < 1.29 is 22.9 Å². The minimum Gasteiger partial charge on any atom is -0.481 e. The fourth-order valence-electron chi connectivity index (χ4n) is 3.07. The van der Waals surface area contributed by atoms with E-state index in [1.165, 1.54) is 6.07 Å². The van der Waals surface area contributed by atoms with Gasteiger partial charge in [0, 0.05) is 6.42 Å². The van der Waals surface area contributed by atoms with Gasteiger partial charge in [-0.05, 0) is 60.8 Å². The number of hydrogen-bond acceptors (Lipinski definition) is 3. The maximum absolute atomic E-state index is 11.2. The third-order valence-electron chi connectivity index (χ3n) is 4.22. The Hall–Kier alpha value is -1.40. The fourth-order valence-corrected chi connectivity index (χ4v) is 3.59. The summed E-state index contributed by atoms with van der Waals surface area (Å²) >= 11 is 0. The van der Waals surface area contributed by atoms with Gasteiger partial charge in [0.25, 0.3) is 10.1 Å². The van der Waals surface area contributed by atoms with Gasteiger partial charge in [-0.1, -0.05) is 13.0 Å². The molecule has 116 valence electrons. The smallest absolute Gasteiger partial charge is 0.303 e. The van der Waals surface area contributed by atoms with Crippen LogP contribution in [0.3, 0.4) is 0 Å². The number of hydrogen-bond donors (Lipinski definition) is 2. The predicted molar refractivity (Wildman–Crippen MR) is 78.1 cm³/mol. The van der Waals surface area contributed by atoms with Crippen LogP contribution in [-0.4, -0.2) is 24.0 Å². The third-order valence-corrected chi connectivity index (χ3v) is 5.07. The maximum atomic E-state index is 11.2. The SMILES string of the molecule is CC1CCC(CCCC(=O)O)c2ccc(S(=O)(=O)O)cc21. The Labute approximate surface area is 124 Å². The van der Waals surface area contributed by atoms with Crippen LogP contribution in [0, 0.1) is 0 Å². The van der Waals surface area contributed by atoms with Gasteiger partial charge in [-0.25, -0.2) is 0 Å². The second-order valence-electron chi connectivity index (χ2n) is 5.73. The van der Waals surface area contributed by atoms with Crippen molar-refractivity contribution in [3.05, 3.63) is 29.3 Å². The minimum atomic E-state index is -4.18. The Kier molecular flexibility index (Phi) is 4.68. The molecule has 2 unspecified atom stereocenters. The molecule has 2 rings (SSSR count). The van der Waals surface area contributed by atoms with Gasteiger partial charge in [0.05, 0.1) is 4.90 Å². The Balaban J connectivity index is 2.25. The summed E-state index contributed by atoms with van der Waals surface area (Å²) in [6, 6.07) is 4.74. The number of benzene rings is 1. The van der Waals surface area contributed by atoms with E-state index in [4.69, 9.17) is 9.66 Å². The van der Waals surface area contributed by atoms with Crippen LogP contribution in [0.25, 0.3) is 0 Å². The van der Waals surface area contributed by atoms with Crippen molar-refractivity contribution in [2.75, 3.05) is 0 Å². The van der Waals surface area contributed by atoms with Gasteiger partial charge in [0.15, 0.2) is 0 Å². The van der Waals surface area contributed by atoms with Crippen molar-refractivity contribution >= 4 is 16.1 Å². The normalized spacial score (nSPS) is 21.8. The highest BCUT2D eigenvalue weighted by Gasteiger charge is 2.26. The molecule has 0 heterocycles. The molecule has 5 nitrogen and oxygen atoms in total. The van der Waals surface area contributed by atoms with Crippen LogP contribution in [0.5, 0.6) is 0 Å². The molecule has 0 aliphatic heterocycles. The first-order chi connectivity index (χ1) is 9.79. The van der Waals surface area contributed by atoms with Crippen molar-refractivity contribution in [3.8, 4) is 0 Å². The minimum absolute atomic E-state index is 0.0701. The number of carbonyl (C=O) groups is 1. The first-order valence-electron chi connectivity index (χ1n) is 7.12. The standard InChI is InChI=1S/C15H20O5S/c1-10-5-6-11(3-2-4-15(16)17)13-8-7-12(9-14(10)13)21(18,19)20/h7-11H,2-6H2,1H3,(H,16,17)(H,18,19,20). The molecule has 6 heteroatoms. The van der Waals surface area contributed by atoms with Crippen LogP contribution < -0.4 is 0 Å². The summed E-state index contributed by atoms with van der Waals surface area (Å²) in [6.07, 6.45) is 3.49. The van der Waals surface area contributed by atoms with Crippen molar-refractivity contribution in [2.24, 2.45) is 0 Å². The van der Waals surface area contributed by atoms with Crippen LogP contribution in [0.2, 0.25) is 0 Å². The summed E-state index contributed by atoms with van der Waals surface area (Å²) in [5.41, 5.74) is 2.04. The highest BCUT2D eigenvalue weighted by Crippen LogP contribution is 2.41. The van der Waals surface area contributed by atoms with Crippen molar-refractivity contribution in [3.63, 3.8) is 0 Å². The molecule has 0 bridgehead atoms. The predicted octanol–water partition coefficient (Wildman–Crippen LogP) is 3.17. The van der Waals surface area contributed by atoms with E-state index in [1.807, 2.05) is 6.92 Å². The topological polar surface area (TPSA) is 91.7 Å². The summed E-state index contributed by atoms with van der Waals surface area (Å²) in [4.78, 5) is 10.5. The van der Waals surface area contributed by atoms with E-state index in [0.717, 1.165) is 30.4 Å². The van der Waals surface area contributed by atoms with Crippen LogP contribution in [0.15, 0.2) is 23.1 Å². The Morgan fingerprint density at radius 2 is 2.00 bits per heavy atom. The van der Waals surface area contributed by atoms with Crippen molar-refractivity contribution in [2.45, 2.75) is 55.8 Å². The monoisotopic (exact) mass is 312 g/mol. The molecule has 0 aromatic heterocycles. The summed E-state index contributed by atoms with van der Waals surface area (Å²) in [6.45, 7) is 2.04. The summed E-state index contributed by atoms with van der Waals surface area (Å²) < 4.78 is 31.6. The zero-order chi connectivity index (χ0) is 15.6. The molecule has 1 aromatic carbocycles. The fraction of sp³-hybridized carbons (Fsp3) is 0.533. The zero-order valence-corrected chi connectivity index (χ0v) is 12.8. The molecule has 1 aliphatic rings. The number of rotatable bonds is 5. The van der Waals surface area contributed by atoms with Gasteiger partial charge in [-0.15, -0.1) is 0 Å². The molecule has 0 spiro atoms. The van der Waals surface area contributed by atoms with Crippen molar-refractivity contribution in [1.29, 1.82) is 0 Å². The second-order valence-corrected chi connectivity index (χ2v) is 7.15. The molecule has 2 N–H and O–H groups in total. The van der Waals surface area contributed by atoms with Crippen molar-refractivity contribution in [1.82, 2.24) is 0 Å². The molecule has 0 fully saturated rings. The van der Waals surface area contributed by atoms with E-state index in [2.05, 4.69) is 0 Å². The van der Waals surface area contributed by atoms with Gasteiger partial charge in [0.2, 0.25) is 0 Å². The van der Waals surface area contributed by atoms with Gasteiger partial charge >= 0.3 is 5.97 Å². The maximum Gasteiger partial charge on any atom is 0.303 e. The molecule has 21 heavy (non-hydrogen) atoms. The first kappa shape index (κ1) is 16.0. The van der Waals surface area contributed by atoms with Crippen LogP contribution in [0.4, 0.5) is 0 Å². The lowest BCUT2D eigenvalue weighted by atomic mass is 9.75. The third kappa shape index (κ3) is 3.83. The van der Waals surface area contributed by atoms with Crippen LogP contribution in [0.1, 0.15) is 62.0 Å². The van der Waals surface area contributed by atoms with E-state index in [-0.39, 0.29) is 23.2 Å². The number of carboxylic acid groups (broad SMARTS) is 1. The van der Waals surface area contributed by atoms with Gasteiger partial charge in [0.1, 0.15) is 0 Å². The first-order valence-corrected chi connectivity index (χ1v) is 8.56. The number of fused-ring (bicyclic) bond motifs is 1. The summed E-state index contributed by atoms with van der Waals surface area (Å²) in [7, 11) is -4.18. The highest BCUT2D eigenvalue weighted by atomic mass is 32.2. The summed E-state index contributed by atoms with van der Waals surface area (Å²) in [5.74, 6) is -0.274. The van der Waals surface area contributed by atoms with Gasteiger partial charge in [-0.2, -0.15) is 8.42 Å². The average molecular weight is 312 g/mol. The molecule has 1 aliphatic carbocycles. The molecular weight excluding hydrogens is 292 g/mol. The van der Waals surface area contributed by atoms with Crippen LogP contribution in [-0.2, 0) is 14.9 Å². The van der Waals surface area contributed by atoms with E-state index in [9.17, 15) is 13.2 Å².